The average molecular weight is 532 g/mol. The molecule has 6 rings (SSSR count). The number of hydrogen-bond donors (Lipinski definition) is 0. The fourth-order valence-electron chi connectivity index (χ4n) is 5.55. The minimum Gasteiger partial charge on any atom is -0.256 e. The Labute approximate surface area is 244 Å². The summed E-state index contributed by atoms with van der Waals surface area (Å²) in [7, 11) is 0. The van der Waals surface area contributed by atoms with E-state index in [1.165, 1.54) is 55.3 Å². The molecule has 1 aromatic heterocycles. The predicted octanol–water partition coefficient (Wildman–Crippen LogP) is 11.3. The molecule has 1 nitrogen and oxygen atoms in total. The van der Waals surface area contributed by atoms with Crippen molar-refractivity contribution in [2.45, 2.75) is 46.0 Å². The van der Waals surface area contributed by atoms with Crippen molar-refractivity contribution >= 4 is 10.8 Å². The Kier molecular flexibility index (Phi) is 7.05. The number of fused-ring (bicyclic) bond motifs is 1. The van der Waals surface area contributed by atoms with E-state index in [-0.39, 0.29) is 5.41 Å². The van der Waals surface area contributed by atoms with E-state index < -0.39 is 0 Å². The number of benzene rings is 5. The van der Waals surface area contributed by atoms with Gasteiger partial charge in [-0.3, -0.25) is 4.98 Å². The first-order chi connectivity index (χ1) is 19.8. The van der Waals surface area contributed by atoms with Crippen molar-refractivity contribution < 1.29 is 0 Å². The average Bonchev–Trinajstić information content (AvgIpc) is 3.00. The topological polar surface area (TPSA) is 12.9 Å². The van der Waals surface area contributed by atoms with Crippen molar-refractivity contribution in [3.63, 3.8) is 0 Å². The molecule has 202 valence electrons. The molecule has 1 heteroatoms. The van der Waals surface area contributed by atoms with Crippen molar-refractivity contribution in [3.05, 3.63) is 139 Å². The molecule has 6 aromatic rings. The van der Waals surface area contributed by atoms with Gasteiger partial charge >= 0.3 is 0 Å². The van der Waals surface area contributed by atoms with Gasteiger partial charge in [-0.2, -0.15) is 0 Å². The monoisotopic (exact) mass is 531 g/mol. The van der Waals surface area contributed by atoms with E-state index in [9.17, 15) is 0 Å². The first-order valence-electron chi connectivity index (χ1n) is 14.6. The molecule has 0 saturated heterocycles. The zero-order valence-corrected chi connectivity index (χ0v) is 24.6. The normalized spacial score (nSPS) is 11.8. The highest BCUT2D eigenvalue weighted by molar-refractivity contribution is 5.95. The van der Waals surface area contributed by atoms with Crippen LogP contribution >= 0.6 is 0 Å². The Bertz CT molecular complexity index is 1810. The highest BCUT2D eigenvalue weighted by Crippen LogP contribution is 2.36. The van der Waals surface area contributed by atoms with E-state index in [0.717, 1.165) is 11.3 Å². The highest BCUT2D eigenvalue weighted by atomic mass is 14.7. The zero-order valence-electron chi connectivity index (χ0n) is 24.6. The summed E-state index contributed by atoms with van der Waals surface area (Å²) < 4.78 is 0. The Morgan fingerprint density at radius 1 is 0.512 bits per heavy atom. The molecule has 0 unspecified atom stereocenters. The molecule has 0 fully saturated rings. The fraction of sp³-hybridized carbons (Fsp3) is 0.175. The van der Waals surface area contributed by atoms with Gasteiger partial charge in [-0.25, -0.2) is 0 Å². The summed E-state index contributed by atoms with van der Waals surface area (Å²) in [6.45, 7) is 11.3. The molecule has 0 atom stereocenters. The van der Waals surface area contributed by atoms with E-state index in [2.05, 4.69) is 156 Å². The molecule has 0 bridgehead atoms. The second-order valence-corrected chi connectivity index (χ2v) is 12.4. The molecule has 5 aromatic carbocycles. The summed E-state index contributed by atoms with van der Waals surface area (Å²) in [6.07, 6.45) is 1.91. The molecule has 0 aliphatic carbocycles. The number of pyridine rings is 1. The van der Waals surface area contributed by atoms with Crippen molar-refractivity contribution in [2.75, 3.05) is 0 Å². The zero-order chi connectivity index (χ0) is 28.6. The minimum atomic E-state index is 0.125. The van der Waals surface area contributed by atoms with Crippen molar-refractivity contribution in [1.29, 1.82) is 0 Å². The first-order valence-corrected chi connectivity index (χ1v) is 14.6. The maximum atomic E-state index is 4.79. The van der Waals surface area contributed by atoms with Gasteiger partial charge in [-0.1, -0.05) is 126 Å². The summed E-state index contributed by atoms with van der Waals surface area (Å²) >= 11 is 0. The summed E-state index contributed by atoms with van der Waals surface area (Å²) in [4.78, 5) is 4.79. The minimum absolute atomic E-state index is 0.125. The predicted molar refractivity (Wildman–Crippen MR) is 176 cm³/mol. The van der Waals surface area contributed by atoms with Crippen molar-refractivity contribution in [2.24, 2.45) is 0 Å². The van der Waals surface area contributed by atoms with E-state index in [1.54, 1.807) is 0 Å². The molecular weight excluding hydrogens is 494 g/mol. The SMILES string of the molecule is CC(C)c1ccc(-c2cc(-c3ccc(C(C)(C)C)cc3)cc(-c3cccc(-c4nccc5ccccc45)c3)c2)cc1. The second-order valence-electron chi connectivity index (χ2n) is 12.4. The maximum absolute atomic E-state index is 4.79. The van der Waals surface area contributed by atoms with Crippen molar-refractivity contribution in [3.8, 4) is 44.6 Å². The standard InChI is InChI=1S/C40H37N/c1-27(2)28-13-15-29(16-14-28)34-24-35(30-17-19-37(20-18-30)40(3,4)5)26-36(25-34)32-10-8-11-33(23-32)39-38-12-7-6-9-31(38)21-22-41-39/h6-27H,1-5H3. The van der Waals surface area contributed by atoms with Crippen LogP contribution in [0.15, 0.2) is 128 Å². The van der Waals surface area contributed by atoms with Crippen LogP contribution in [0.2, 0.25) is 0 Å². The van der Waals surface area contributed by atoms with Crippen LogP contribution in [0.5, 0.6) is 0 Å². The smallest absolute Gasteiger partial charge is 0.0780 e. The highest BCUT2D eigenvalue weighted by Gasteiger charge is 2.14. The Morgan fingerprint density at radius 2 is 1.07 bits per heavy atom. The third-order valence-corrected chi connectivity index (χ3v) is 8.07. The van der Waals surface area contributed by atoms with Gasteiger partial charge in [0.25, 0.3) is 0 Å². The number of nitrogens with zero attached hydrogens (tertiary/aromatic N) is 1. The molecule has 0 N–H and O–H groups in total. The largest absolute Gasteiger partial charge is 0.256 e. The number of rotatable bonds is 5. The molecule has 0 amide bonds. The van der Waals surface area contributed by atoms with Crippen LogP contribution in [0.3, 0.4) is 0 Å². The summed E-state index contributed by atoms with van der Waals surface area (Å²) in [6, 6.07) is 44.5. The van der Waals surface area contributed by atoms with Gasteiger partial charge < -0.3 is 0 Å². The fourth-order valence-corrected chi connectivity index (χ4v) is 5.55. The first kappa shape index (κ1) is 26.7. The lowest BCUT2D eigenvalue weighted by molar-refractivity contribution is 0.590. The molecule has 41 heavy (non-hydrogen) atoms. The van der Waals surface area contributed by atoms with Gasteiger partial charge in [0.15, 0.2) is 0 Å². The van der Waals surface area contributed by atoms with Crippen LogP contribution < -0.4 is 0 Å². The van der Waals surface area contributed by atoms with E-state index in [1.807, 2.05) is 6.20 Å². The van der Waals surface area contributed by atoms with E-state index in [4.69, 9.17) is 4.98 Å². The summed E-state index contributed by atoms with van der Waals surface area (Å²) in [5.41, 5.74) is 12.3. The maximum Gasteiger partial charge on any atom is 0.0780 e. The number of aromatic nitrogens is 1. The van der Waals surface area contributed by atoms with Crippen LogP contribution in [0.1, 0.15) is 51.7 Å². The van der Waals surface area contributed by atoms with Crippen LogP contribution in [0, 0.1) is 0 Å². The van der Waals surface area contributed by atoms with Gasteiger partial charge in [-0.15, -0.1) is 0 Å². The van der Waals surface area contributed by atoms with Gasteiger partial charge in [0.1, 0.15) is 0 Å². The Morgan fingerprint density at radius 3 is 1.71 bits per heavy atom. The van der Waals surface area contributed by atoms with E-state index >= 15 is 0 Å². The molecular formula is C40H37N. The van der Waals surface area contributed by atoms with Gasteiger partial charge in [0, 0.05) is 17.1 Å². The molecule has 0 aliphatic heterocycles. The quantitative estimate of drug-likeness (QED) is 0.216. The van der Waals surface area contributed by atoms with Crippen LogP contribution in [-0.2, 0) is 5.41 Å². The Balaban J connectivity index is 1.49. The number of hydrogen-bond acceptors (Lipinski definition) is 1. The van der Waals surface area contributed by atoms with Gasteiger partial charge in [0.2, 0.25) is 0 Å². The van der Waals surface area contributed by atoms with Gasteiger partial charge in [0.05, 0.1) is 5.69 Å². The van der Waals surface area contributed by atoms with Gasteiger partial charge in [-0.05, 0) is 91.6 Å². The second kappa shape index (κ2) is 10.8. The molecule has 0 radical (unpaired) electrons. The van der Waals surface area contributed by atoms with Crippen LogP contribution in [0.25, 0.3) is 55.4 Å². The third kappa shape index (κ3) is 5.58. The molecule has 0 spiro atoms. The molecule has 1 heterocycles. The summed E-state index contributed by atoms with van der Waals surface area (Å²) in [5.74, 6) is 0.512. The van der Waals surface area contributed by atoms with Crippen LogP contribution in [0.4, 0.5) is 0 Å². The molecule has 0 aliphatic rings. The summed E-state index contributed by atoms with van der Waals surface area (Å²) in [5, 5.41) is 2.38. The van der Waals surface area contributed by atoms with E-state index in [0.29, 0.717) is 5.92 Å². The van der Waals surface area contributed by atoms with Crippen molar-refractivity contribution in [1.82, 2.24) is 4.98 Å². The lowest BCUT2D eigenvalue weighted by Gasteiger charge is -2.19. The Hall–Kier alpha value is -4.49. The lowest BCUT2D eigenvalue weighted by Crippen LogP contribution is -2.10. The third-order valence-electron chi connectivity index (χ3n) is 8.07. The van der Waals surface area contributed by atoms with Crippen LogP contribution in [-0.4, -0.2) is 4.98 Å². The lowest BCUT2D eigenvalue weighted by atomic mass is 9.85. The molecule has 0 saturated carbocycles.